The molecular formula is C16H33N3. The van der Waals surface area contributed by atoms with Crippen LogP contribution in [0.5, 0.6) is 0 Å². The average molecular weight is 267 g/mol. The summed E-state index contributed by atoms with van der Waals surface area (Å²) in [7, 11) is 2.29. The van der Waals surface area contributed by atoms with Crippen molar-refractivity contribution in [3.63, 3.8) is 0 Å². The summed E-state index contributed by atoms with van der Waals surface area (Å²) in [4.78, 5) is 5.31. The van der Waals surface area contributed by atoms with Crippen LogP contribution in [-0.4, -0.2) is 62.2 Å². The lowest BCUT2D eigenvalue weighted by molar-refractivity contribution is 0.0394. The molecule has 3 heteroatoms. The van der Waals surface area contributed by atoms with E-state index in [1.807, 2.05) is 0 Å². The molecule has 2 aliphatic heterocycles. The summed E-state index contributed by atoms with van der Waals surface area (Å²) >= 11 is 0. The maximum atomic E-state index is 3.54. The van der Waals surface area contributed by atoms with Gasteiger partial charge in [-0.25, -0.2) is 0 Å². The van der Waals surface area contributed by atoms with Gasteiger partial charge in [-0.1, -0.05) is 20.3 Å². The van der Waals surface area contributed by atoms with Crippen molar-refractivity contribution in [2.75, 3.05) is 46.3 Å². The van der Waals surface area contributed by atoms with E-state index in [9.17, 15) is 0 Å². The lowest BCUT2D eigenvalue weighted by Gasteiger charge is -2.46. The molecule has 2 heterocycles. The number of likely N-dealkylation sites (N-methyl/N-ethyl adjacent to an activating group) is 1. The highest BCUT2D eigenvalue weighted by Gasteiger charge is 2.34. The fraction of sp³-hybridized carbons (Fsp3) is 1.00. The zero-order chi connectivity index (χ0) is 13.7. The fourth-order valence-corrected chi connectivity index (χ4v) is 4.04. The minimum absolute atomic E-state index is 0.605. The first-order valence-corrected chi connectivity index (χ1v) is 8.32. The second-order valence-corrected chi connectivity index (χ2v) is 6.78. The van der Waals surface area contributed by atoms with E-state index in [1.165, 1.54) is 71.4 Å². The Morgan fingerprint density at radius 3 is 2.53 bits per heavy atom. The zero-order valence-corrected chi connectivity index (χ0v) is 13.2. The molecule has 0 spiro atoms. The van der Waals surface area contributed by atoms with Crippen LogP contribution in [0.4, 0.5) is 0 Å². The molecule has 0 aromatic heterocycles. The van der Waals surface area contributed by atoms with Crippen LogP contribution in [-0.2, 0) is 0 Å². The van der Waals surface area contributed by atoms with Crippen molar-refractivity contribution in [3.05, 3.63) is 0 Å². The lowest BCUT2D eigenvalue weighted by Crippen LogP contribution is -2.54. The first kappa shape index (κ1) is 15.3. The van der Waals surface area contributed by atoms with Crippen molar-refractivity contribution in [2.24, 2.45) is 5.41 Å². The van der Waals surface area contributed by atoms with Gasteiger partial charge in [0.2, 0.25) is 0 Å². The number of piperidine rings is 1. The Bertz CT molecular complexity index is 255. The fourth-order valence-electron chi connectivity index (χ4n) is 4.04. The zero-order valence-electron chi connectivity index (χ0n) is 13.2. The molecule has 2 fully saturated rings. The van der Waals surface area contributed by atoms with E-state index in [-0.39, 0.29) is 0 Å². The largest absolute Gasteiger partial charge is 0.317 e. The van der Waals surface area contributed by atoms with E-state index in [0.717, 1.165) is 6.04 Å². The molecule has 1 N–H and O–H groups in total. The van der Waals surface area contributed by atoms with Gasteiger partial charge in [0.25, 0.3) is 0 Å². The Morgan fingerprint density at radius 1 is 1.16 bits per heavy atom. The highest BCUT2D eigenvalue weighted by atomic mass is 15.3. The second kappa shape index (κ2) is 7.05. The number of piperazine rings is 1. The van der Waals surface area contributed by atoms with Gasteiger partial charge in [-0.05, 0) is 51.2 Å². The van der Waals surface area contributed by atoms with Gasteiger partial charge in [0.15, 0.2) is 0 Å². The molecule has 0 aromatic carbocycles. The molecular weight excluding hydrogens is 234 g/mol. The Hall–Kier alpha value is -0.120. The molecule has 0 aliphatic carbocycles. The smallest absolute Gasteiger partial charge is 0.0218 e. The van der Waals surface area contributed by atoms with Crippen LogP contribution in [0.15, 0.2) is 0 Å². The number of hydrogen-bond donors (Lipinski definition) is 1. The Morgan fingerprint density at radius 2 is 1.89 bits per heavy atom. The van der Waals surface area contributed by atoms with E-state index < -0.39 is 0 Å². The average Bonchev–Trinajstić information content (AvgIpc) is 2.42. The molecule has 2 saturated heterocycles. The molecule has 0 bridgehead atoms. The topological polar surface area (TPSA) is 18.5 Å². The van der Waals surface area contributed by atoms with Gasteiger partial charge in [-0.15, -0.1) is 0 Å². The monoisotopic (exact) mass is 267 g/mol. The Kier molecular flexibility index (Phi) is 5.67. The highest BCUT2D eigenvalue weighted by molar-refractivity contribution is 4.90. The van der Waals surface area contributed by atoms with Crippen LogP contribution in [0.2, 0.25) is 0 Å². The van der Waals surface area contributed by atoms with Crippen molar-refractivity contribution in [1.29, 1.82) is 0 Å². The van der Waals surface area contributed by atoms with Crippen LogP contribution in [0.3, 0.4) is 0 Å². The third kappa shape index (κ3) is 3.93. The summed E-state index contributed by atoms with van der Waals surface area (Å²) in [5, 5.41) is 3.54. The molecule has 0 aromatic rings. The SMILES string of the molecule is CCCC1(CN2CCN(C)C(CC)C2)CCNCC1. The summed E-state index contributed by atoms with van der Waals surface area (Å²) in [5.74, 6) is 0. The normalized spacial score (nSPS) is 29.5. The summed E-state index contributed by atoms with van der Waals surface area (Å²) < 4.78 is 0. The molecule has 2 aliphatic rings. The lowest BCUT2D eigenvalue weighted by atomic mass is 9.74. The number of nitrogens with zero attached hydrogens (tertiary/aromatic N) is 2. The van der Waals surface area contributed by atoms with Crippen molar-refractivity contribution in [1.82, 2.24) is 15.1 Å². The summed E-state index contributed by atoms with van der Waals surface area (Å²) in [6, 6.07) is 0.772. The van der Waals surface area contributed by atoms with Gasteiger partial charge >= 0.3 is 0 Å². The maximum absolute atomic E-state index is 3.54. The van der Waals surface area contributed by atoms with Crippen LogP contribution < -0.4 is 5.32 Å². The van der Waals surface area contributed by atoms with Gasteiger partial charge in [0.05, 0.1) is 0 Å². The van der Waals surface area contributed by atoms with Gasteiger partial charge in [-0.2, -0.15) is 0 Å². The number of nitrogens with one attached hydrogen (secondary N) is 1. The maximum Gasteiger partial charge on any atom is 0.0218 e. The first-order valence-electron chi connectivity index (χ1n) is 8.32. The molecule has 0 saturated carbocycles. The van der Waals surface area contributed by atoms with Crippen LogP contribution in [0.1, 0.15) is 46.0 Å². The quantitative estimate of drug-likeness (QED) is 0.824. The minimum atomic E-state index is 0.605. The molecule has 112 valence electrons. The van der Waals surface area contributed by atoms with Crippen molar-refractivity contribution < 1.29 is 0 Å². The Labute approximate surface area is 119 Å². The van der Waals surface area contributed by atoms with Crippen molar-refractivity contribution in [3.8, 4) is 0 Å². The summed E-state index contributed by atoms with van der Waals surface area (Å²) in [6.45, 7) is 12.3. The van der Waals surface area contributed by atoms with Crippen molar-refractivity contribution in [2.45, 2.75) is 52.0 Å². The minimum Gasteiger partial charge on any atom is -0.317 e. The van der Waals surface area contributed by atoms with Crippen LogP contribution in [0, 0.1) is 5.41 Å². The summed E-state index contributed by atoms with van der Waals surface area (Å²) in [5.41, 5.74) is 0.605. The second-order valence-electron chi connectivity index (χ2n) is 6.78. The van der Waals surface area contributed by atoms with E-state index in [1.54, 1.807) is 0 Å². The van der Waals surface area contributed by atoms with Gasteiger partial charge in [-0.3, -0.25) is 4.90 Å². The van der Waals surface area contributed by atoms with Gasteiger partial charge < -0.3 is 10.2 Å². The predicted octanol–water partition coefficient (Wildman–Crippen LogP) is 2.18. The van der Waals surface area contributed by atoms with Crippen LogP contribution in [0.25, 0.3) is 0 Å². The predicted molar refractivity (Wildman–Crippen MR) is 82.6 cm³/mol. The molecule has 1 unspecified atom stereocenters. The molecule has 19 heavy (non-hydrogen) atoms. The number of rotatable bonds is 5. The van der Waals surface area contributed by atoms with Gasteiger partial charge in [0, 0.05) is 32.2 Å². The van der Waals surface area contributed by atoms with E-state index in [4.69, 9.17) is 0 Å². The third-order valence-corrected chi connectivity index (χ3v) is 5.34. The molecule has 0 amide bonds. The Balaban J connectivity index is 1.93. The molecule has 0 radical (unpaired) electrons. The third-order valence-electron chi connectivity index (χ3n) is 5.34. The molecule has 2 rings (SSSR count). The van der Waals surface area contributed by atoms with Gasteiger partial charge in [0.1, 0.15) is 0 Å². The number of hydrogen-bond acceptors (Lipinski definition) is 3. The highest BCUT2D eigenvalue weighted by Crippen LogP contribution is 2.35. The first-order chi connectivity index (χ1) is 9.19. The van der Waals surface area contributed by atoms with Crippen molar-refractivity contribution >= 4 is 0 Å². The standard InChI is InChI=1S/C16H33N3/c1-4-6-16(7-9-17-10-8-16)14-19-12-11-18(3)15(5-2)13-19/h15,17H,4-14H2,1-3H3. The summed E-state index contributed by atoms with van der Waals surface area (Å²) in [6.07, 6.45) is 6.80. The molecule has 1 atom stereocenters. The van der Waals surface area contributed by atoms with E-state index in [2.05, 4.69) is 36.0 Å². The van der Waals surface area contributed by atoms with E-state index >= 15 is 0 Å². The van der Waals surface area contributed by atoms with Crippen LogP contribution >= 0.6 is 0 Å². The van der Waals surface area contributed by atoms with E-state index in [0.29, 0.717) is 5.41 Å². The molecule has 3 nitrogen and oxygen atoms in total.